The first-order valence-corrected chi connectivity index (χ1v) is 5.46. The topological polar surface area (TPSA) is 74.7 Å². The fourth-order valence-electron chi connectivity index (χ4n) is 1.61. The van der Waals surface area contributed by atoms with Crippen LogP contribution in [0.15, 0.2) is 29.7 Å². The van der Waals surface area contributed by atoms with E-state index >= 15 is 0 Å². The summed E-state index contributed by atoms with van der Waals surface area (Å²) >= 11 is 0. The number of aromatic nitrogens is 1. The highest BCUT2D eigenvalue weighted by Crippen LogP contribution is 2.27. The van der Waals surface area contributed by atoms with E-state index in [1.165, 1.54) is 11.9 Å². The van der Waals surface area contributed by atoms with Gasteiger partial charge in [-0.15, -0.1) is 0 Å². The Balaban J connectivity index is 2.70. The molecule has 1 aromatic heterocycles. The summed E-state index contributed by atoms with van der Waals surface area (Å²) in [5.41, 5.74) is 5.87. The average Bonchev–Trinajstić information content (AvgIpc) is 2.35. The van der Waals surface area contributed by atoms with E-state index in [4.69, 9.17) is 10.9 Å². The molecule has 0 bridgehead atoms. The van der Waals surface area contributed by atoms with Crippen molar-refractivity contribution in [2.75, 3.05) is 13.6 Å². The van der Waals surface area contributed by atoms with Crippen molar-refractivity contribution < 1.29 is 18.4 Å². The van der Waals surface area contributed by atoms with Crippen LogP contribution < -0.4 is 5.73 Å². The summed E-state index contributed by atoms with van der Waals surface area (Å²) in [5, 5.41) is 10.9. The second-order valence-electron chi connectivity index (χ2n) is 4.18. The third-order valence-corrected chi connectivity index (χ3v) is 2.54. The van der Waals surface area contributed by atoms with Crippen LogP contribution in [0.4, 0.5) is 13.2 Å². The summed E-state index contributed by atoms with van der Waals surface area (Å²) in [6.07, 6.45) is -1.40. The van der Waals surface area contributed by atoms with Gasteiger partial charge in [0, 0.05) is 25.5 Å². The molecule has 0 spiro atoms. The highest BCUT2D eigenvalue weighted by Gasteiger charge is 2.43. The first-order valence-electron chi connectivity index (χ1n) is 5.46. The Morgan fingerprint density at radius 3 is 2.74 bits per heavy atom. The van der Waals surface area contributed by atoms with Crippen molar-refractivity contribution in [3.63, 3.8) is 0 Å². The van der Waals surface area contributed by atoms with Crippen LogP contribution in [0.3, 0.4) is 0 Å². The largest absolute Gasteiger partial charge is 0.409 e. The van der Waals surface area contributed by atoms with E-state index in [9.17, 15) is 13.2 Å². The number of rotatable bonds is 5. The van der Waals surface area contributed by atoms with E-state index in [0.717, 1.165) is 5.56 Å². The van der Waals surface area contributed by atoms with Crippen molar-refractivity contribution in [1.29, 1.82) is 0 Å². The van der Waals surface area contributed by atoms with E-state index in [0.29, 0.717) is 6.54 Å². The van der Waals surface area contributed by atoms with Crippen LogP contribution in [0.5, 0.6) is 0 Å². The molecule has 0 saturated carbocycles. The van der Waals surface area contributed by atoms with Crippen LogP contribution in [0.1, 0.15) is 5.56 Å². The molecule has 1 aromatic rings. The molecule has 1 heterocycles. The van der Waals surface area contributed by atoms with Gasteiger partial charge >= 0.3 is 6.18 Å². The molecule has 3 N–H and O–H groups in total. The summed E-state index contributed by atoms with van der Waals surface area (Å²) in [7, 11) is 1.52. The number of amidine groups is 1. The van der Waals surface area contributed by atoms with Crippen LogP contribution in [0.2, 0.25) is 0 Å². The lowest BCUT2D eigenvalue weighted by molar-refractivity contribution is -0.159. The minimum absolute atomic E-state index is 0.291. The van der Waals surface area contributed by atoms with Gasteiger partial charge in [-0.2, -0.15) is 13.2 Å². The van der Waals surface area contributed by atoms with Gasteiger partial charge in [0.1, 0.15) is 5.92 Å². The molecule has 0 amide bonds. The number of alkyl halides is 3. The molecule has 19 heavy (non-hydrogen) atoms. The lowest BCUT2D eigenvalue weighted by Gasteiger charge is -2.24. The molecule has 1 atom stereocenters. The van der Waals surface area contributed by atoms with Crippen LogP contribution in [0, 0.1) is 5.92 Å². The number of oxime groups is 1. The second kappa shape index (κ2) is 6.37. The second-order valence-corrected chi connectivity index (χ2v) is 4.18. The molecule has 0 aliphatic carbocycles. The normalized spacial score (nSPS) is 14.7. The Labute approximate surface area is 108 Å². The molecule has 0 saturated heterocycles. The monoisotopic (exact) mass is 276 g/mol. The third-order valence-electron chi connectivity index (χ3n) is 2.54. The number of nitrogens with zero attached hydrogens (tertiary/aromatic N) is 3. The average molecular weight is 276 g/mol. The Morgan fingerprint density at radius 1 is 1.58 bits per heavy atom. The molecule has 106 valence electrons. The highest BCUT2D eigenvalue weighted by molar-refractivity contribution is 5.83. The van der Waals surface area contributed by atoms with Gasteiger partial charge in [-0.3, -0.25) is 4.98 Å². The molecule has 1 unspecified atom stereocenters. The van der Waals surface area contributed by atoms with Gasteiger partial charge in [0.15, 0.2) is 5.84 Å². The maximum Gasteiger partial charge on any atom is 0.400 e. The van der Waals surface area contributed by atoms with Crippen molar-refractivity contribution >= 4 is 5.84 Å². The van der Waals surface area contributed by atoms with Crippen molar-refractivity contribution in [2.24, 2.45) is 16.8 Å². The minimum Gasteiger partial charge on any atom is -0.409 e. The standard InChI is InChI=1S/C11H15F3N4O/c1-18(6-8-3-2-4-16-5-8)7-9(10(15)17-19)11(12,13)14/h2-5,9,19H,6-7H2,1H3,(H2,15,17). The SMILES string of the molecule is CN(Cc1cccnc1)CC(/C(N)=N/O)C(F)(F)F. The summed E-state index contributed by atoms with van der Waals surface area (Å²) in [6.45, 7) is -0.104. The molecule has 0 aromatic carbocycles. The van der Waals surface area contributed by atoms with Gasteiger partial charge in [0.05, 0.1) is 0 Å². The van der Waals surface area contributed by atoms with Gasteiger partial charge in [-0.25, -0.2) is 0 Å². The fraction of sp³-hybridized carbons (Fsp3) is 0.455. The van der Waals surface area contributed by atoms with Crippen molar-refractivity contribution in [3.8, 4) is 0 Å². The molecule has 0 aliphatic heterocycles. The van der Waals surface area contributed by atoms with Gasteiger partial charge in [-0.1, -0.05) is 11.2 Å². The molecule has 0 radical (unpaired) electrons. The maximum absolute atomic E-state index is 12.7. The van der Waals surface area contributed by atoms with E-state index in [1.807, 2.05) is 0 Å². The maximum atomic E-state index is 12.7. The predicted octanol–water partition coefficient (Wildman–Crippen LogP) is 1.44. The zero-order valence-electron chi connectivity index (χ0n) is 10.3. The number of hydrogen-bond donors (Lipinski definition) is 2. The Kier molecular flexibility index (Phi) is 5.11. The lowest BCUT2D eigenvalue weighted by Crippen LogP contribution is -2.43. The third kappa shape index (κ3) is 4.74. The first kappa shape index (κ1) is 15.2. The van der Waals surface area contributed by atoms with Crippen LogP contribution in [0.25, 0.3) is 0 Å². The molecular formula is C11H15F3N4O. The van der Waals surface area contributed by atoms with E-state index in [2.05, 4.69) is 10.1 Å². The molecule has 5 nitrogen and oxygen atoms in total. The molecule has 1 rings (SSSR count). The van der Waals surface area contributed by atoms with Crippen molar-refractivity contribution in [3.05, 3.63) is 30.1 Å². The first-order chi connectivity index (χ1) is 8.84. The van der Waals surface area contributed by atoms with Gasteiger partial charge in [0.2, 0.25) is 0 Å². The van der Waals surface area contributed by atoms with Crippen LogP contribution >= 0.6 is 0 Å². The molecular weight excluding hydrogens is 261 g/mol. The quantitative estimate of drug-likeness (QED) is 0.369. The summed E-state index contributed by atoms with van der Waals surface area (Å²) in [4.78, 5) is 5.32. The van der Waals surface area contributed by atoms with Gasteiger partial charge in [0.25, 0.3) is 0 Å². The molecule has 0 fully saturated rings. The number of nitrogens with two attached hydrogens (primary N) is 1. The zero-order valence-corrected chi connectivity index (χ0v) is 10.3. The van der Waals surface area contributed by atoms with E-state index in [-0.39, 0.29) is 0 Å². The van der Waals surface area contributed by atoms with Crippen LogP contribution in [-0.2, 0) is 6.54 Å². The zero-order chi connectivity index (χ0) is 14.5. The minimum atomic E-state index is -4.56. The summed E-state index contributed by atoms with van der Waals surface area (Å²) in [6, 6.07) is 3.46. The summed E-state index contributed by atoms with van der Waals surface area (Å²) in [5.74, 6) is -2.84. The van der Waals surface area contributed by atoms with Gasteiger partial charge in [-0.05, 0) is 18.7 Å². The van der Waals surface area contributed by atoms with Crippen molar-refractivity contribution in [2.45, 2.75) is 12.7 Å². The highest BCUT2D eigenvalue weighted by atomic mass is 19.4. The molecule has 0 aliphatic rings. The number of pyridine rings is 1. The Bertz CT molecular complexity index is 422. The number of hydrogen-bond acceptors (Lipinski definition) is 4. The number of halogens is 3. The van der Waals surface area contributed by atoms with E-state index < -0.39 is 24.5 Å². The summed E-state index contributed by atoms with van der Waals surface area (Å²) < 4.78 is 38.2. The van der Waals surface area contributed by atoms with Crippen molar-refractivity contribution in [1.82, 2.24) is 9.88 Å². The molecule has 8 heteroatoms. The van der Waals surface area contributed by atoms with E-state index in [1.54, 1.807) is 24.5 Å². The smallest absolute Gasteiger partial charge is 0.400 e. The predicted molar refractivity (Wildman–Crippen MR) is 63.5 cm³/mol. The van der Waals surface area contributed by atoms with Gasteiger partial charge < -0.3 is 15.8 Å². The van der Waals surface area contributed by atoms with Crippen LogP contribution in [-0.4, -0.2) is 40.7 Å². The Hall–Kier alpha value is -1.83. The Morgan fingerprint density at radius 2 is 2.26 bits per heavy atom. The fourth-order valence-corrected chi connectivity index (χ4v) is 1.61. The lowest BCUT2D eigenvalue weighted by atomic mass is 10.1.